The molecule has 7 heteroatoms. The molecular weight excluding hydrogens is 270 g/mol. The van der Waals surface area contributed by atoms with Crippen molar-refractivity contribution in [1.29, 1.82) is 0 Å². The summed E-state index contributed by atoms with van der Waals surface area (Å²) in [4.78, 5) is 25.7. The van der Waals surface area contributed by atoms with Gasteiger partial charge in [0.15, 0.2) is 0 Å². The predicted molar refractivity (Wildman–Crippen MR) is 73.0 cm³/mol. The minimum atomic E-state index is -0.418. The van der Waals surface area contributed by atoms with Crippen molar-refractivity contribution >= 4 is 24.2 Å². The van der Waals surface area contributed by atoms with Gasteiger partial charge in [-0.15, -0.1) is 12.4 Å². The minimum absolute atomic E-state index is 0. The lowest BCUT2D eigenvalue weighted by molar-refractivity contribution is -0.151. The molecule has 1 unspecified atom stereocenters. The van der Waals surface area contributed by atoms with Gasteiger partial charge in [-0.05, 0) is 19.3 Å². The molecule has 6 nitrogen and oxygen atoms in total. The van der Waals surface area contributed by atoms with Gasteiger partial charge in [0.05, 0.1) is 6.10 Å². The van der Waals surface area contributed by atoms with Crippen LogP contribution >= 0.6 is 12.4 Å². The van der Waals surface area contributed by atoms with Crippen LogP contribution in [0.15, 0.2) is 0 Å². The van der Waals surface area contributed by atoms with Crippen molar-refractivity contribution in [2.24, 2.45) is 5.73 Å². The molecule has 2 saturated heterocycles. The number of halogens is 1. The van der Waals surface area contributed by atoms with E-state index in [0.29, 0.717) is 32.5 Å². The highest BCUT2D eigenvalue weighted by Gasteiger charge is 2.38. The number of nitrogens with one attached hydrogen (secondary N) is 1. The van der Waals surface area contributed by atoms with E-state index in [1.165, 1.54) is 0 Å². The van der Waals surface area contributed by atoms with Crippen molar-refractivity contribution in [3.8, 4) is 0 Å². The summed E-state index contributed by atoms with van der Waals surface area (Å²) in [5, 5.41) is 2.78. The first-order chi connectivity index (χ1) is 8.67. The Morgan fingerprint density at radius 1 is 1.53 bits per heavy atom. The van der Waals surface area contributed by atoms with E-state index in [4.69, 9.17) is 10.5 Å². The molecule has 19 heavy (non-hydrogen) atoms. The van der Waals surface area contributed by atoms with Crippen molar-refractivity contribution in [3.05, 3.63) is 0 Å². The van der Waals surface area contributed by atoms with Crippen LogP contribution in [0.4, 0.5) is 0 Å². The molecule has 2 aliphatic rings. The number of rotatable bonds is 3. The molecule has 0 aromatic carbocycles. The van der Waals surface area contributed by atoms with Gasteiger partial charge in [0.1, 0.15) is 12.1 Å². The molecule has 0 bridgehead atoms. The van der Waals surface area contributed by atoms with Crippen molar-refractivity contribution < 1.29 is 14.3 Å². The van der Waals surface area contributed by atoms with E-state index >= 15 is 0 Å². The van der Waals surface area contributed by atoms with Gasteiger partial charge in [0.2, 0.25) is 5.91 Å². The van der Waals surface area contributed by atoms with Crippen LogP contribution in [-0.4, -0.2) is 54.6 Å². The predicted octanol–water partition coefficient (Wildman–Crippen LogP) is -0.348. The lowest BCUT2D eigenvalue weighted by Crippen LogP contribution is -2.58. The Kier molecular flexibility index (Phi) is 6.03. The fourth-order valence-corrected chi connectivity index (χ4v) is 2.63. The molecule has 0 aromatic rings. The quantitative estimate of drug-likeness (QED) is 0.744. The second kappa shape index (κ2) is 7.07. The Hall–Kier alpha value is -0.850. The summed E-state index contributed by atoms with van der Waals surface area (Å²) < 4.78 is 5.61. The van der Waals surface area contributed by atoms with Crippen LogP contribution in [0.2, 0.25) is 0 Å². The smallest absolute Gasteiger partial charge is 0.252 e. The lowest BCUT2D eigenvalue weighted by atomic mass is 10.1. The molecular formula is C12H22ClN3O3. The van der Waals surface area contributed by atoms with Crippen LogP contribution in [-0.2, 0) is 14.3 Å². The SMILES string of the molecule is CCC1C(=O)NCCN1C(=O)[C@@H]1CC[C@H](CN)O1.Cl. The zero-order valence-corrected chi connectivity index (χ0v) is 11.9. The molecule has 2 rings (SSSR count). The number of hydrogen-bond acceptors (Lipinski definition) is 4. The van der Waals surface area contributed by atoms with Crippen molar-refractivity contribution in [2.75, 3.05) is 19.6 Å². The summed E-state index contributed by atoms with van der Waals surface area (Å²) in [5.41, 5.74) is 5.54. The molecule has 2 heterocycles. The Morgan fingerprint density at radius 2 is 2.26 bits per heavy atom. The molecule has 3 N–H and O–H groups in total. The topological polar surface area (TPSA) is 84.7 Å². The summed E-state index contributed by atoms with van der Waals surface area (Å²) in [6.07, 6.45) is 1.72. The number of piperazine rings is 1. The van der Waals surface area contributed by atoms with Crippen molar-refractivity contribution in [2.45, 2.75) is 44.4 Å². The maximum Gasteiger partial charge on any atom is 0.252 e. The molecule has 0 spiro atoms. The number of carbonyl (C=O) groups is 2. The van der Waals surface area contributed by atoms with Gasteiger partial charge in [-0.25, -0.2) is 0 Å². The summed E-state index contributed by atoms with van der Waals surface area (Å²) in [6.45, 7) is 3.44. The standard InChI is InChI=1S/C12H21N3O3.ClH/c1-2-9-11(16)14-5-6-15(9)12(17)10-4-3-8(7-13)18-10;/h8-10H,2-7,13H2,1H3,(H,14,16);1H/t8-,9?,10+;/m1./s1. The van der Waals surface area contributed by atoms with E-state index in [-0.39, 0.29) is 36.4 Å². The average molecular weight is 292 g/mol. The molecule has 0 aliphatic carbocycles. The van der Waals surface area contributed by atoms with Crippen LogP contribution in [0.1, 0.15) is 26.2 Å². The van der Waals surface area contributed by atoms with Gasteiger partial charge in [-0.2, -0.15) is 0 Å². The molecule has 2 fully saturated rings. The minimum Gasteiger partial charge on any atom is -0.364 e. The van der Waals surface area contributed by atoms with Gasteiger partial charge in [-0.3, -0.25) is 9.59 Å². The molecule has 0 aromatic heterocycles. The van der Waals surface area contributed by atoms with Crippen LogP contribution in [0, 0.1) is 0 Å². The monoisotopic (exact) mass is 291 g/mol. The summed E-state index contributed by atoms with van der Waals surface area (Å²) >= 11 is 0. The lowest BCUT2D eigenvalue weighted by Gasteiger charge is -2.35. The third kappa shape index (κ3) is 3.38. The highest BCUT2D eigenvalue weighted by Crippen LogP contribution is 2.22. The van der Waals surface area contributed by atoms with Crippen molar-refractivity contribution in [1.82, 2.24) is 10.2 Å². The van der Waals surface area contributed by atoms with Crippen LogP contribution in [0.3, 0.4) is 0 Å². The Bertz CT molecular complexity index is 340. The molecule has 2 amide bonds. The van der Waals surface area contributed by atoms with Gasteiger partial charge in [0, 0.05) is 19.6 Å². The largest absolute Gasteiger partial charge is 0.364 e. The van der Waals surface area contributed by atoms with Crippen LogP contribution in [0.25, 0.3) is 0 Å². The number of nitrogens with zero attached hydrogens (tertiary/aromatic N) is 1. The van der Waals surface area contributed by atoms with E-state index in [1.54, 1.807) is 4.90 Å². The first-order valence-corrected chi connectivity index (χ1v) is 6.61. The summed E-state index contributed by atoms with van der Waals surface area (Å²) in [7, 11) is 0. The molecule has 2 aliphatic heterocycles. The maximum atomic E-state index is 12.4. The van der Waals surface area contributed by atoms with E-state index in [2.05, 4.69) is 5.32 Å². The molecule has 3 atom stereocenters. The first kappa shape index (κ1) is 16.2. The third-order valence-corrected chi connectivity index (χ3v) is 3.65. The first-order valence-electron chi connectivity index (χ1n) is 6.61. The fraction of sp³-hybridized carbons (Fsp3) is 0.833. The molecule has 0 radical (unpaired) electrons. The Labute approximate surface area is 119 Å². The van der Waals surface area contributed by atoms with E-state index in [0.717, 1.165) is 6.42 Å². The van der Waals surface area contributed by atoms with Crippen LogP contribution in [0.5, 0.6) is 0 Å². The second-order valence-corrected chi connectivity index (χ2v) is 4.81. The molecule has 0 saturated carbocycles. The summed E-state index contributed by atoms with van der Waals surface area (Å²) in [5.74, 6) is -0.127. The molecule has 110 valence electrons. The van der Waals surface area contributed by atoms with E-state index in [1.807, 2.05) is 6.92 Å². The number of ether oxygens (including phenoxy) is 1. The second-order valence-electron chi connectivity index (χ2n) is 4.81. The number of hydrogen-bond donors (Lipinski definition) is 2. The van der Waals surface area contributed by atoms with Crippen molar-refractivity contribution in [3.63, 3.8) is 0 Å². The highest BCUT2D eigenvalue weighted by molar-refractivity contribution is 5.90. The highest BCUT2D eigenvalue weighted by atomic mass is 35.5. The number of carbonyl (C=O) groups excluding carboxylic acids is 2. The third-order valence-electron chi connectivity index (χ3n) is 3.65. The maximum absolute atomic E-state index is 12.4. The fourth-order valence-electron chi connectivity index (χ4n) is 2.63. The van der Waals surface area contributed by atoms with E-state index in [9.17, 15) is 9.59 Å². The summed E-state index contributed by atoms with van der Waals surface area (Å²) in [6, 6.07) is -0.355. The van der Waals surface area contributed by atoms with Gasteiger partial charge in [0.25, 0.3) is 5.91 Å². The zero-order chi connectivity index (χ0) is 13.1. The van der Waals surface area contributed by atoms with E-state index < -0.39 is 6.10 Å². The van der Waals surface area contributed by atoms with Gasteiger partial charge in [-0.1, -0.05) is 6.92 Å². The number of nitrogens with two attached hydrogens (primary N) is 1. The number of amides is 2. The average Bonchev–Trinajstić information content (AvgIpc) is 2.86. The Balaban J connectivity index is 0.00000180. The van der Waals surface area contributed by atoms with Gasteiger partial charge < -0.3 is 20.7 Å². The zero-order valence-electron chi connectivity index (χ0n) is 11.1. The Morgan fingerprint density at radius 3 is 2.84 bits per heavy atom. The van der Waals surface area contributed by atoms with Crippen LogP contribution < -0.4 is 11.1 Å². The normalized spacial score (nSPS) is 30.7. The van der Waals surface area contributed by atoms with Gasteiger partial charge >= 0.3 is 0 Å².